The largest absolute Gasteiger partial charge is 0.484 e. The summed E-state index contributed by atoms with van der Waals surface area (Å²) in [4.78, 5) is 14.9. The summed E-state index contributed by atoms with van der Waals surface area (Å²) in [6.45, 7) is 0.349. The number of rotatable bonds is 5. The summed E-state index contributed by atoms with van der Waals surface area (Å²) in [6, 6.07) is 10.4. The summed E-state index contributed by atoms with van der Waals surface area (Å²) in [5, 5.41) is 0. The third kappa shape index (κ3) is 3.29. The summed E-state index contributed by atoms with van der Waals surface area (Å²) in [6.07, 6.45) is 3.14. The zero-order valence-electron chi connectivity index (χ0n) is 10.3. The van der Waals surface area contributed by atoms with Crippen LogP contribution in [0.1, 0.15) is 22.0 Å². The van der Waals surface area contributed by atoms with E-state index in [4.69, 9.17) is 16.2 Å². The number of benzene rings is 1. The lowest BCUT2D eigenvalue weighted by Gasteiger charge is -2.17. The van der Waals surface area contributed by atoms with Gasteiger partial charge in [0, 0.05) is 24.5 Å². The molecule has 1 aromatic heterocycles. The molecule has 0 saturated heterocycles. The van der Waals surface area contributed by atoms with Crippen molar-refractivity contribution in [2.24, 2.45) is 11.5 Å². The fourth-order valence-corrected chi connectivity index (χ4v) is 1.69. The zero-order chi connectivity index (χ0) is 13.7. The van der Waals surface area contributed by atoms with E-state index in [9.17, 15) is 4.79 Å². The van der Waals surface area contributed by atoms with E-state index in [1.165, 1.54) is 0 Å². The van der Waals surface area contributed by atoms with Crippen LogP contribution in [0.15, 0.2) is 48.8 Å². The molecule has 5 heteroatoms. The van der Waals surface area contributed by atoms with E-state index < -0.39 is 5.91 Å². The number of ether oxygens (including phenoxy) is 1. The Hall–Kier alpha value is -2.40. The molecule has 0 spiro atoms. The Bertz CT molecular complexity index is 540. The molecule has 1 aromatic carbocycles. The van der Waals surface area contributed by atoms with Crippen LogP contribution in [0, 0.1) is 0 Å². The van der Waals surface area contributed by atoms with Crippen LogP contribution in [0.2, 0.25) is 0 Å². The Kier molecular flexibility index (Phi) is 4.10. The van der Waals surface area contributed by atoms with Crippen molar-refractivity contribution in [1.82, 2.24) is 4.98 Å². The van der Waals surface area contributed by atoms with E-state index in [1.54, 1.807) is 36.7 Å². The van der Waals surface area contributed by atoms with Crippen molar-refractivity contribution in [3.63, 3.8) is 0 Å². The molecule has 2 aromatic rings. The highest BCUT2D eigenvalue weighted by molar-refractivity contribution is 5.92. The molecule has 98 valence electrons. The maximum atomic E-state index is 11.0. The number of primary amides is 1. The normalized spacial score (nSPS) is 11.8. The first kappa shape index (κ1) is 13.0. The second kappa shape index (κ2) is 5.97. The number of hydrogen-bond donors (Lipinski definition) is 2. The molecule has 1 amide bonds. The summed E-state index contributed by atoms with van der Waals surface area (Å²) in [7, 11) is 0. The van der Waals surface area contributed by atoms with Gasteiger partial charge in [0.2, 0.25) is 5.91 Å². The first-order valence-corrected chi connectivity index (χ1v) is 5.87. The van der Waals surface area contributed by atoms with Crippen LogP contribution in [-0.4, -0.2) is 17.4 Å². The first-order chi connectivity index (χ1) is 9.20. The van der Waals surface area contributed by atoms with Crippen LogP contribution in [0.5, 0.6) is 5.75 Å². The molecular weight excluding hydrogens is 242 g/mol. The second-order valence-corrected chi connectivity index (χ2v) is 4.01. The van der Waals surface area contributed by atoms with Gasteiger partial charge >= 0.3 is 0 Å². The minimum atomic E-state index is -0.462. The van der Waals surface area contributed by atoms with Crippen LogP contribution < -0.4 is 16.2 Å². The summed E-state index contributed by atoms with van der Waals surface area (Å²) in [5.74, 6) is 0.174. The average Bonchev–Trinajstić information content (AvgIpc) is 2.46. The molecule has 0 saturated carbocycles. The highest BCUT2D eigenvalue weighted by Crippen LogP contribution is 2.21. The number of nitrogens with two attached hydrogens (primary N) is 2. The van der Waals surface area contributed by atoms with Crippen molar-refractivity contribution in [3.05, 3.63) is 59.9 Å². The van der Waals surface area contributed by atoms with Crippen molar-refractivity contribution in [2.45, 2.75) is 6.10 Å². The van der Waals surface area contributed by atoms with Crippen molar-refractivity contribution in [1.29, 1.82) is 0 Å². The fraction of sp³-hybridized carbons (Fsp3) is 0.143. The molecule has 1 atom stereocenters. The lowest BCUT2D eigenvalue weighted by atomic mass is 10.1. The monoisotopic (exact) mass is 257 g/mol. The Morgan fingerprint density at radius 2 is 1.79 bits per heavy atom. The standard InChI is InChI=1S/C14H15N3O2/c15-9-13(10-5-7-17-8-6-10)19-12-3-1-11(2-4-12)14(16)18/h1-8,13H,9,15H2,(H2,16,18). The quantitative estimate of drug-likeness (QED) is 0.843. The highest BCUT2D eigenvalue weighted by atomic mass is 16.5. The van der Waals surface area contributed by atoms with E-state index in [-0.39, 0.29) is 6.10 Å². The number of aromatic nitrogens is 1. The Morgan fingerprint density at radius 3 is 2.32 bits per heavy atom. The molecule has 19 heavy (non-hydrogen) atoms. The maximum absolute atomic E-state index is 11.0. The number of pyridine rings is 1. The number of carbonyl (C=O) groups excluding carboxylic acids is 1. The van der Waals surface area contributed by atoms with Crippen molar-refractivity contribution >= 4 is 5.91 Å². The topological polar surface area (TPSA) is 91.2 Å². The van der Waals surface area contributed by atoms with Crippen molar-refractivity contribution < 1.29 is 9.53 Å². The lowest BCUT2D eigenvalue weighted by molar-refractivity contribution is 0.1000. The smallest absolute Gasteiger partial charge is 0.248 e. The van der Waals surface area contributed by atoms with Gasteiger partial charge in [-0.3, -0.25) is 9.78 Å². The summed E-state index contributed by atoms with van der Waals surface area (Å²) < 4.78 is 5.78. The molecule has 0 radical (unpaired) electrons. The van der Waals surface area contributed by atoms with Gasteiger partial charge in [0.25, 0.3) is 0 Å². The third-order valence-electron chi connectivity index (χ3n) is 2.71. The van der Waals surface area contributed by atoms with Gasteiger partial charge in [0.15, 0.2) is 0 Å². The lowest BCUT2D eigenvalue weighted by Crippen LogP contribution is -2.18. The van der Waals surface area contributed by atoms with Crippen LogP contribution in [0.4, 0.5) is 0 Å². The van der Waals surface area contributed by atoms with E-state index >= 15 is 0 Å². The Labute approximate surface area is 111 Å². The van der Waals surface area contributed by atoms with Crippen LogP contribution in [-0.2, 0) is 0 Å². The molecule has 2 rings (SSSR count). The van der Waals surface area contributed by atoms with E-state index in [0.29, 0.717) is 17.9 Å². The van der Waals surface area contributed by atoms with Gasteiger partial charge in [0.1, 0.15) is 11.9 Å². The molecule has 0 aliphatic carbocycles. The maximum Gasteiger partial charge on any atom is 0.248 e. The minimum Gasteiger partial charge on any atom is -0.484 e. The molecule has 0 aliphatic heterocycles. The van der Waals surface area contributed by atoms with Gasteiger partial charge in [-0.1, -0.05) is 0 Å². The van der Waals surface area contributed by atoms with Crippen molar-refractivity contribution in [2.75, 3.05) is 6.54 Å². The molecule has 0 bridgehead atoms. The first-order valence-electron chi connectivity index (χ1n) is 5.87. The Morgan fingerprint density at radius 1 is 1.16 bits per heavy atom. The molecule has 0 fully saturated rings. The predicted molar refractivity (Wildman–Crippen MR) is 71.6 cm³/mol. The van der Waals surface area contributed by atoms with Gasteiger partial charge in [-0.2, -0.15) is 0 Å². The molecule has 0 aliphatic rings. The number of amides is 1. The fourth-order valence-electron chi connectivity index (χ4n) is 1.69. The molecule has 4 N–H and O–H groups in total. The zero-order valence-corrected chi connectivity index (χ0v) is 10.3. The van der Waals surface area contributed by atoms with Gasteiger partial charge < -0.3 is 16.2 Å². The Balaban J connectivity index is 2.12. The average molecular weight is 257 g/mol. The van der Waals surface area contributed by atoms with Gasteiger partial charge in [-0.15, -0.1) is 0 Å². The number of nitrogens with zero attached hydrogens (tertiary/aromatic N) is 1. The second-order valence-electron chi connectivity index (χ2n) is 4.01. The molecular formula is C14H15N3O2. The van der Waals surface area contributed by atoms with Gasteiger partial charge in [-0.25, -0.2) is 0 Å². The molecule has 1 unspecified atom stereocenters. The number of carbonyl (C=O) groups is 1. The summed E-state index contributed by atoms with van der Waals surface area (Å²) in [5.41, 5.74) is 12.3. The van der Waals surface area contributed by atoms with Crippen LogP contribution in [0.25, 0.3) is 0 Å². The van der Waals surface area contributed by atoms with E-state index in [0.717, 1.165) is 5.56 Å². The molecule has 5 nitrogen and oxygen atoms in total. The highest BCUT2D eigenvalue weighted by Gasteiger charge is 2.11. The summed E-state index contributed by atoms with van der Waals surface area (Å²) >= 11 is 0. The van der Waals surface area contributed by atoms with E-state index in [1.807, 2.05) is 12.1 Å². The predicted octanol–water partition coefficient (Wildman–Crippen LogP) is 1.26. The third-order valence-corrected chi connectivity index (χ3v) is 2.71. The van der Waals surface area contributed by atoms with Crippen LogP contribution >= 0.6 is 0 Å². The van der Waals surface area contributed by atoms with E-state index in [2.05, 4.69) is 4.98 Å². The van der Waals surface area contributed by atoms with Gasteiger partial charge in [-0.05, 0) is 42.0 Å². The SMILES string of the molecule is NCC(Oc1ccc(C(N)=O)cc1)c1ccncc1. The number of hydrogen-bond acceptors (Lipinski definition) is 4. The van der Waals surface area contributed by atoms with Gasteiger partial charge in [0.05, 0.1) is 0 Å². The molecule has 1 heterocycles. The minimum absolute atomic E-state index is 0.248. The van der Waals surface area contributed by atoms with Crippen molar-refractivity contribution in [3.8, 4) is 5.75 Å². The van der Waals surface area contributed by atoms with Crippen LogP contribution in [0.3, 0.4) is 0 Å².